The summed E-state index contributed by atoms with van der Waals surface area (Å²) in [4.78, 5) is 14.7. The standard InChI is InChI=1S/C16H22N2O/c19-16(14-4-2-1-3-5-14)18(15-6-7-15)12-13-8-10-17-11-9-13/h1-5,13,15,17H,6-12H2. The van der Waals surface area contributed by atoms with Gasteiger partial charge in [-0.05, 0) is 56.8 Å². The lowest BCUT2D eigenvalue weighted by Crippen LogP contribution is -2.40. The van der Waals surface area contributed by atoms with Crippen molar-refractivity contribution in [3.8, 4) is 0 Å². The van der Waals surface area contributed by atoms with Gasteiger partial charge in [-0.3, -0.25) is 4.79 Å². The molecule has 1 saturated carbocycles. The topological polar surface area (TPSA) is 32.3 Å². The van der Waals surface area contributed by atoms with E-state index >= 15 is 0 Å². The van der Waals surface area contributed by atoms with Crippen LogP contribution >= 0.6 is 0 Å². The summed E-state index contributed by atoms with van der Waals surface area (Å²) >= 11 is 0. The van der Waals surface area contributed by atoms with Crippen molar-refractivity contribution >= 4 is 5.91 Å². The molecule has 0 aromatic heterocycles. The fourth-order valence-electron chi connectivity index (χ4n) is 2.87. The van der Waals surface area contributed by atoms with Crippen LogP contribution in [0.3, 0.4) is 0 Å². The van der Waals surface area contributed by atoms with Crippen LogP contribution in [0.1, 0.15) is 36.0 Å². The molecule has 3 nitrogen and oxygen atoms in total. The van der Waals surface area contributed by atoms with Gasteiger partial charge in [-0.2, -0.15) is 0 Å². The number of hydrogen-bond acceptors (Lipinski definition) is 2. The largest absolute Gasteiger partial charge is 0.335 e. The molecule has 0 radical (unpaired) electrons. The Morgan fingerprint density at radius 1 is 1.11 bits per heavy atom. The average Bonchev–Trinajstić information content (AvgIpc) is 3.31. The molecule has 1 N–H and O–H groups in total. The van der Waals surface area contributed by atoms with Gasteiger partial charge in [-0.15, -0.1) is 0 Å². The Labute approximate surface area is 115 Å². The second-order valence-corrected chi connectivity index (χ2v) is 5.75. The zero-order valence-corrected chi connectivity index (χ0v) is 11.3. The Balaban J connectivity index is 1.68. The van der Waals surface area contributed by atoms with Crippen LogP contribution in [0.5, 0.6) is 0 Å². The molecule has 1 aromatic carbocycles. The Hall–Kier alpha value is -1.35. The molecule has 3 rings (SSSR count). The third kappa shape index (κ3) is 3.16. The van der Waals surface area contributed by atoms with Crippen molar-refractivity contribution in [2.24, 2.45) is 5.92 Å². The van der Waals surface area contributed by atoms with Crippen LogP contribution in [0.2, 0.25) is 0 Å². The van der Waals surface area contributed by atoms with E-state index in [2.05, 4.69) is 10.2 Å². The number of rotatable bonds is 4. The van der Waals surface area contributed by atoms with Crippen molar-refractivity contribution in [2.45, 2.75) is 31.7 Å². The van der Waals surface area contributed by atoms with E-state index in [4.69, 9.17) is 0 Å². The van der Waals surface area contributed by atoms with Gasteiger partial charge in [0.05, 0.1) is 0 Å². The monoisotopic (exact) mass is 258 g/mol. The highest BCUT2D eigenvalue weighted by molar-refractivity contribution is 5.94. The Kier molecular flexibility index (Phi) is 3.83. The summed E-state index contributed by atoms with van der Waals surface area (Å²) in [5.41, 5.74) is 0.836. The number of nitrogens with one attached hydrogen (secondary N) is 1. The van der Waals surface area contributed by atoms with Crippen LogP contribution in [-0.2, 0) is 0 Å². The highest BCUT2D eigenvalue weighted by Crippen LogP contribution is 2.30. The Morgan fingerprint density at radius 2 is 1.79 bits per heavy atom. The second kappa shape index (κ2) is 5.74. The second-order valence-electron chi connectivity index (χ2n) is 5.75. The molecule has 2 fully saturated rings. The molecular formula is C16H22N2O. The number of carbonyl (C=O) groups is 1. The lowest BCUT2D eigenvalue weighted by Gasteiger charge is -2.30. The quantitative estimate of drug-likeness (QED) is 0.898. The maximum absolute atomic E-state index is 12.6. The van der Waals surface area contributed by atoms with Gasteiger partial charge in [-0.1, -0.05) is 18.2 Å². The van der Waals surface area contributed by atoms with Crippen LogP contribution in [0.25, 0.3) is 0 Å². The van der Waals surface area contributed by atoms with Gasteiger partial charge < -0.3 is 10.2 Å². The molecule has 0 unspecified atom stereocenters. The van der Waals surface area contributed by atoms with Crippen molar-refractivity contribution < 1.29 is 4.79 Å². The van der Waals surface area contributed by atoms with Crippen LogP contribution in [-0.4, -0.2) is 36.5 Å². The Morgan fingerprint density at radius 3 is 2.42 bits per heavy atom. The van der Waals surface area contributed by atoms with Crippen LogP contribution in [0.15, 0.2) is 30.3 Å². The zero-order valence-electron chi connectivity index (χ0n) is 11.3. The van der Waals surface area contributed by atoms with Crippen LogP contribution in [0, 0.1) is 5.92 Å². The first kappa shape index (κ1) is 12.7. The number of nitrogens with zero attached hydrogens (tertiary/aromatic N) is 1. The maximum Gasteiger partial charge on any atom is 0.254 e. The van der Waals surface area contributed by atoms with E-state index in [1.165, 1.54) is 25.7 Å². The van der Waals surface area contributed by atoms with E-state index < -0.39 is 0 Å². The molecule has 102 valence electrons. The van der Waals surface area contributed by atoms with Gasteiger partial charge in [0.15, 0.2) is 0 Å². The molecule has 3 heteroatoms. The predicted octanol–water partition coefficient (Wildman–Crippen LogP) is 2.29. The van der Waals surface area contributed by atoms with Gasteiger partial charge >= 0.3 is 0 Å². The normalized spacial score (nSPS) is 20.2. The molecular weight excluding hydrogens is 236 g/mol. The van der Waals surface area contributed by atoms with Crippen molar-refractivity contribution in [3.05, 3.63) is 35.9 Å². The maximum atomic E-state index is 12.6. The van der Waals surface area contributed by atoms with Gasteiger partial charge in [0, 0.05) is 18.2 Å². The molecule has 1 heterocycles. The summed E-state index contributed by atoms with van der Waals surface area (Å²) in [5, 5.41) is 3.39. The first-order chi connectivity index (χ1) is 9.34. The lowest BCUT2D eigenvalue weighted by atomic mass is 9.97. The highest BCUT2D eigenvalue weighted by Gasteiger charge is 2.34. The van der Waals surface area contributed by atoms with Crippen molar-refractivity contribution in [1.29, 1.82) is 0 Å². The molecule has 0 spiro atoms. The van der Waals surface area contributed by atoms with Crippen molar-refractivity contribution in [3.63, 3.8) is 0 Å². The average molecular weight is 258 g/mol. The van der Waals surface area contributed by atoms with E-state index in [0.29, 0.717) is 12.0 Å². The van der Waals surface area contributed by atoms with E-state index in [9.17, 15) is 4.79 Å². The summed E-state index contributed by atoms with van der Waals surface area (Å²) in [6, 6.07) is 10.2. The zero-order chi connectivity index (χ0) is 13.1. The number of hydrogen-bond donors (Lipinski definition) is 1. The van der Waals surface area contributed by atoms with Crippen molar-refractivity contribution in [1.82, 2.24) is 10.2 Å². The summed E-state index contributed by atoms with van der Waals surface area (Å²) in [6.07, 6.45) is 4.77. The third-order valence-electron chi connectivity index (χ3n) is 4.18. The highest BCUT2D eigenvalue weighted by atomic mass is 16.2. The summed E-state index contributed by atoms with van der Waals surface area (Å²) in [5.74, 6) is 0.899. The summed E-state index contributed by atoms with van der Waals surface area (Å²) < 4.78 is 0. The number of benzene rings is 1. The molecule has 1 aliphatic carbocycles. The number of amides is 1. The minimum Gasteiger partial charge on any atom is -0.335 e. The predicted molar refractivity (Wildman–Crippen MR) is 76.1 cm³/mol. The van der Waals surface area contributed by atoms with Crippen LogP contribution in [0.4, 0.5) is 0 Å². The number of carbonyl (C=O) groups excluding carboxylic acids is 1. The van der Waals surface area contributed by atoms with Gasteiger partial charge in [0.1, 0.15) is 0 Å². The molecule has 1 aliphatic heterocycles. The fraction of sp³-hybridized carbons (Fsp3) is 0.562. The third-order valence-corrected chi connectivity index (χ3v) is 4.18. The van der Waals surface area contributed by atoms with Gasteiger partial charge in [0.2, 0.25) is 0 Å². The minimum atomic E-state index is 0.224. The van der Waals surface area contributed by atoms with E-state index in [1.807, 2.05) is 30.3 Å². The van der Waals surface area contributed by atoms with Gasteiger partial charge in [0.25, 0.3) is 5.91 Å². The van der Waals surface area contributed by atoms with Crippen LogP contribution < -0.4 is 5.32 Å². The molecule has 0 atom stereocenters. The molecule has 2 aliphatic rings. The van der Waals surface area contributed by atoms with E-state index in [-0.39, 0.29) is 5.91 Å². The first-order valence-corrected chi connectivity index (χ1v) is 7.41. The molecule has 19 heavy (non-hydrogen) atoms. The molecule has 1 aromatic rings. The molecule has 1 amide bonds. The van der Waals surface area contributed by atoms with E-state index in [1.54, 1.807) is 0 Å². The summed E-state index contributed by atoms with van der Waals surface area (Å²) in [6.45, 7) is 3.14. The lowest BCUT2D eigenvalue weighted by molar-refractivity contribution is 0.0701. The SMILES string of the molecule is O=C(c1ccccc1)N(CC1CCNCC1)C1CC1. The fourth-order valence-corrected chi connectivity index (χ4v) is 2.87. The number of piperidine rings is 1. The smallest absolute Gasteiger partial charge is 0.254 e. The first-order valence-electron chi connectivity index (χ1n) is 7.41. The summed E-state index contributed by atoms with van der Waals surface area (Å²) in [7, 11) is 0. The minimum absolute atomic E-state index is 0.224. The molecule has 0 bridgehead atoms. The van der Waals surface area contributed by atoms with Crippen molar-refractivity contribution in [2.75, 3.05) is 19.6 Å². The Bertz CT molecular complexity index is 422. The van der Waals surface area contributed by atoms with Gasteiger partial charge in [-0.25, -0.2) is 0 Å². The van der Waals surface area contributed by atoms with E-state index in [0.717, 1.165) is 25.2 Å². The molecule has 1 saturated heterocycles.